The molecule has 1 aromatic carbocycles. The summed E-state index contributed by atoms with van der Waals surface area (Å²) in [5, 5.41) is 12.2. The highest BCUT2D eigenvalue weighted by Gasteiger charge is 2.17. The van der Waals surface area contributed by atoms with Gasteiger partial charge in [0.1, 0.15) is 0 Å². The first-order valence-corrected chi connectivity index (χ1v) is 7.34. The highest BCUT2D eigenvalue weighted by Crippen LogP contribution is 2.19. The van der Waals surface area contributed by atoms with Gasteiger partial charge in [0.25, 0.3) is 0 Å². The number of nitrogens with one attached hydrogen (secondary N) is 3. The fourth-order valence-corrected chi connectivity index (χ4v) is 2.19. The molecular formula is C16H21N5O2. The molecule has 0 aliphatic heterocycles. The average Bonchev–Trinajstić information content (AvgIpc) is 3.09. The van der Waals surface area contributed by atoms with Crippen LogP contribution in [0.3, 0.4) is 0 Å². The van der Waals surface area contributed by atoms with Crippen LogP contribution in [0.25, 0.3) is 11.3 Å². The van der Waals surface area contributed by atoms with Gasteiger partial charge in [0.05, 0.1) is 11.6 Å². The van der Waals surface area contributed by atoms with Gasteiger partial charge < -0.3 is 15.5 Å². The summed E-state index contributed by atoms with van der Waals surface area (Å²) in [6.45, 7) is 2.12. The van der Waals surface area contributed by atoms with Gasteiger partial charge in [-0.2, -0.15) is 5.10 Å². The summed E-state index contributed by atoms with van der Waals surface area (Å²) < 4.78 is 0. The summed E-state index contributed by atoms with van der Waals surface area (Å²) in [5.41, 5.74) is 2.60. The second-order valence-corrected chi connectivity index (χ2v) is 5.37. The van der Waals surface area contributed by atoms with Crippen LogP contribution < -0.4 is 10.6 Å². The number of carbonyl (C=O) groups is 2. The molecule has 0 fully saturated rings. The topological polar surface area (TPSA) is 90.1 Å². The van der Waals surface area contributed by atoms with Gasteiger partial charge in [0, 0.05) is 32.5 Å². The van der Waals surface area contributed by atoms with Crippen molar-refractivity contribution in [3.05, 3.63) is 36.5 Å². The molecule has 1 aromatic heterocycles. The summed E-state index contributed by atoms with van der Waals surface area (Å²) in [4.78, 5) is 25.1. The van der Waals surface area contributed by atoms with Crippen LogP contribution in [0, 0.1) is 5.92 Å². The van der Waals surface area contributed by atoms with Crippen LogP contribution in [0.2, 0.25) is 0 Å². The standard InChI is InChI=1S/C16H21N5O2/c1-11(15(22)17-2)10-21(3)16(23)19-13-6-4-12(5-7-13)14-8-9-18-20-14/h4-9,11H,10H2,1-3H3,(H,17,22)(H,18,20)(H,19,23)/t11-/m1/s1. The molecule has 0 unspecified atom stereocenters. The maximum atomic E-state index is 12.1. The molecule has 1 heterocycles. The van der Waals surface area contributed by atoms with E-state index in [0.29, 0.717) is 12.2 Å². The number of carbonyl (C=O) groups excluding carboxylic acids is 2. The fourth-order valence-electron chi connectivity index (χ4n) is 2.19. The lowest BCUT2D eigenvalue weighted by Gasteiger charge is -2.21. The van der Waals surface area contributed by atoms with Crippen LogP contribution in [-0.4, -0.2) is 47.7 Å². The number of nitrogens with zero attached hydrogens (tertiary/aromatic N) is 2. The SMILES string of the molecule is CNC(=O)[C@H](C)CN(C)C(=O)Nc1ccc(-c2ccn[nH]2)cc1. The molecule has 0 saturated carbocycles. The number of anilines is 1. The number of benzene rings is 1. The normalized spacial score (nSPS) is 11.6. The van der Waals surface area contributed by atoms with Crippen molar-refractivity contribution in [2.45, 2.75) is 6.92 Å². The fraction of sp³-hybridized carbons (Fsp3) is 0.312. The molecule has 0 radical (unpaired) electrons. The Morgan fingerprint density at radius 3 is 2.52 bits per heavy atom. The van der Waals surface area contributed by atoms with Gasteiger partial charge >= 0.3 is 6.03 Å². The first-order chi connectivity index (χ1) is 11.0. The average molecular weight is 315 g/mol. The highest BCUT2D eigenvalue weighted by molar-refractivity contribution is 5.90. The smallest absolute Gasteiger partial charge is 0.321 e. The summed E-state index contributed by atoms with van der Waals surface area (Å²) in [6.07, 6.45) is 1.69. The van der Waals surface area contributed by atoms with E-state index in [9.17, 15) is 9.59 Å². The van der Waals surface area contributed by atoms with E-state index in [1.165, 1.54) is 4.90 Å². The van der Waals surface area contributed by atoms with Crippen LogP contribution in [0.15, 0.2) is 36.5 Å². The lowest BCUT2D eigenvalue weighted by Crippen LogP contribution is -2.39. The number of aromatic nitrogens is 2. The Morgan fingerprint density at radius 1 is 1.26 bits per heavy atom. The molecule has 1 atom stereocenters. The summed E-state index contributed by atoms with van der Waals surface area (Å²) in [5.74, 6) is -0.355. The van der Waals surface area contributed by atoms with E-state index in [1.54, 1.807) is 27.2 Å². The first-order valence-electron chi connectivity index (χ1n) is 7.34. The lowest BCUT2D eigenvalue weighted by molar-refractivity contribution is -0.124. The molecule has 0 saturated heterocycles. The predicted octanol–water partition coefficient (Wildman–Crippen LogP) is 1.92. The van der Waals surface area contributed by atoms with Crippen molar-refractivity contribution in [3.8, 4) is 11.3 Å². The monoisotopic (exact) mass is 315 g/mol. The molecule has 0 bridgehead atoms. The van der Waals surface area contributed by atoms with Crippen LogP contribution >= 0.6 is 0 Å². The number of amides is 3. The van der Waals surface area contributed by atoms with E-state index in [2.05, 4.69) is 20.8 Å². The number of rotatable bonds is 5. The molecule has 3 N–H and O–H groups in total. The van der Waals surface area contributed by atoms with Crippen molar-refractivity contribution in [2.24, 2.45) is 5.92 Å². The third-order valence-corrected chi connectivity index (χ3v) is 3.54. The molecule has 0 aliphatic carbocycles. The molecule has 3 amide bonds. The molecule has 23 heavy (non-hydrogen) atoms. The first kappa shape index (κ1) is 16.5. The van der Waals surface area contributed by atoms with E-state index in [-0.39, 0.29) is 17.9 Å². The zero-order valence-electron chi connectivity index (χ0n) is 13.5. The van der Waals surface area contributed by atoms with Crippen LogP contribution in [0.4, 0.5) is 10.5 Å². The number of urea groups is 1. The van der Waals surface area contributed by atoms with Crippen molar-refractivity contribution < 1.29 is 9.59 Å². The van der Waals surface area contributed by atoms with Gasteiger partial charge in [-0.1, -0.05) is 19.1 Å². The minimum absolute atomic E-state index is 0.0893. The molecule has 2 aromatic rings. The Kier molecular flexibility index (Phi) is 5.35. The largest absolute Gasteiger partial charge is 0.359 e. The van der Waals surface area contributed by atoms with E-state index < -0.39 is 0 Å². The maximum absolute atomic E-state index is 12.1. The summed E-state index contributed by atoms with van der Waals surface area (Å²) in [6, 6.07) is 9.07. The Labute approximate surface area is 135 Å². The summed E-state index contributed by atoms with van der Waals surface area (Å²) >= 11 is 0. The summed E-state index contributed by atoms with van der Waals surface area (Å²) in [7, 11) is 3.24. The van der Waals surface area contributed by atoms with E-state index in [0.717, 1.165) is 11.3 Å². The minimum Gasteiger partial charge on any atom is -0.359 e. The van der Waals surface area contributed by atoms with Gasteiger partial charge in [-0.25, -0.2) is 4.79 Å². The van der Waals surface area contributed by atoms with Crippen molar-refractivity contribution >= 4 is 17.6 Å². The van der Waals surface area contributed by atoms with Crippen molar-refractivity contribution in [1.29, 1.82) is 0 Å². The molecule has 7 heteroatoms. The number of hydrogen-bond acceptors (Lipinski definition) is 3. The number of H-pyrrole nitrogens is 1. The second-order valence-electron chi connectivity index (χ2n) is 5.37. The molecule has 0 aliphatic rings. The van der Waals surface area contributed by atoms with Crippen LogP contribution in [0.1, 0.15) is 6.92 Å². The quantitative estimate of drug-likeness (QED) is 0.787. The van der Waals surface area contributed by atoms with Crippen molar-refractivity contribution in [1.82, 2.24) is 20.4 Å². The van der Waals surface area contributed by atoms with Gasteiger partial charge in [0.2, 0.25) is 5.91 Å². The minimum atomic E-state index is -0.265. The van der Waals surface area contributed by atoms with E-state index in [1.807, 2.05) is 30.3 Å². The zero-order chi connectivity index (χ0) is 16.8. The lowest BCUT2D eigenvalue weighted by atomic mass is 10.1. The van der Waals surface area contributed by atoms with Gasteiger partial charge in [0.15, 0.2) is 0 Å². The molecular weight excluding hydrogens is 294 g/mol. The predicted molar refractivity (Wildman–Crippen MR) is 88.9 cm³/mol. The maximum Gasteiger partial charge on any atom is 0.321 e. The third kappa shape index (κ3) is 4.32. The zero-order valence-corrected chi connectivity index (χ0v) is 13.5. The van der Waals surface area contributed by atoms with Crippen molar-refractivity contribution in [2.75, 3.05) is 26.0 Å². The molecule has 2 rings (SSSR count). The Bertz CT molecular complexity index is 652. The van der Waals surface area contributed by atoms with Crippen molar-refractivity contribution in [3.63, 3.8) is 0 Å². The number of hydrogen-bond donors (Lipinski definition) is 3. The second kappa shape index (κ2) is 7.44. The van der Waals surface area contributed by atoms with E-state index in [4.69, 9.17) is 0 Å². The van der Waals surface area contributed by atoms with E-state index >= 15 is 0 Å². The molecule has 122 valence electrons. The Hall–Kier alpha value is -2.83. The molecule has 0 spiro atoms. The Morgan fingerprint density at radius 2 is 1.96 bits per heavy atom. The van der Waals surface area contributed by atoms with Gasteiger partial charge in [-0.05, 0) is 23.8 Å². The highest BCUT2D eigenvalue weighted by atomic mass is 16.2. The molecule has 7 nitrogen and oxygen atoms in total. The third-order valence-electron chi connectivity index (χ3n) is 3.54. The Balaban J connectivity index is 1.93. The van der Waals surface area contributed by atoms with Gasteiger partial charge in [-0.3, -0.25) is 9.89 Å². The number of aromatic amines is 1. The van der Waals surface area contributed by atoms with Crippen LogP contribution in [0.5, 0.6) is 0 Å². The van der Waals surface area contributed by atoms with Crippen LogP contribution in [-0.2, 0) is 4.79 Å². The van der Waals surface area contributed by atoms with Gasteiger partial charge in [-0.15, -0.1) is 0 Å².